The van der Waals surface area contributed by atoms with Gasteiger partial charge in [0.05, 0.1) is 6.04 Å². The second-order valence-electron chi connectivity index (χ2n) is 10.4. The maximum Gasteiger partial charge on any atom is 0.344 e. The number of carboxylic acid groups (broad SMARTS) is 1. The lowest BCUT2D eigenvalue weighted by Gasteiger charge is -2.17. The van der Waals surface area contributed by atoms with Crippen molar-refractivity contribution in [1.82, 2.24) is 9.88 Å². The first-order chi connectivity index (χ1) is 18.5. The molecule has 1 aromatic heterocycles. The summed E-state index contributed by atoms with van der Waals surface area (Å²) in [4.78, 5) is 24.4. The van der Waals surface area contributed by atoms with Crippen LogP contribution in [-0.4, -0.2) is 27.7 Å². The number of rotatable bonds is 9. The van der Waals surface area contributed by atoms with E-state index in [-0.39, 0.29) is 11.9 Å². The lowest BCUT2D eigenvalue weighted by atomic mass is 9.98. The van der Waals surface area contributed by atoms with E-state index in [0.29, 0.717) is 28.8 Å². The maximum absolute atomic E-state index is 13.2. The van der Waals surface area contributed by atoms with Gasteiger partial charge in [0.15, 0.2) is 6.10 Å². The molecule has 0 spiro atoms. The van der Waals surface area contributed by atoms with Crippen molar-refractivity contribution in [1.29, 1.82) is 0 Å². The lowest BCUT2D eigenvalue weighted by molar-refractivity contribution is -0.144. The zero-order valence-electron chi connectivity index (χ0n) is 23.2. The van der Waals surface area contributed by atoms with Gasteiger partial charge >= 0.3 is 5.97 Å². The van der Waals surface area contributed by atoms with Crippen molar-refractivity contribution in [3.63, 3.8) is 0 Å². The van der Waals surface area contributed by atoms with Crippen molar-refractivity contribution in [2.45, 2.75) is 66.2 Å². The molecule has 39 heavy (non-hydrogen) atoms. The molecule has 0 radical (unpaired) electrons. The average molecular weight is 547 g/mol. The number of carboxylic acids is 1. The fraction of sp³-hybridized carbons (Fsp3) is 0.312. The Morgan fingerprint density at radius 3 is 2.38 bits per heavy atom. The molecule has 6 nitrogen and oxygen atoms in total. The fourth-order valence-electron chi connectivity index (χ4n) is 4.72. The standard InChI is InChI=1S/C32H35ClN2O4/c1-18(2)23-8-7-9-24(14-23)20(4)34-31(36)25-10-13-30-28(16-25)19(3)21(5)35(30)17-26-15-27(11-12-29(26)33)39-22(6)32(37)38/h7-16,18,20,22H,17H2,1-6H3,(H,34,36)(H,37,38)/t20-,22?/m0/s1. The van der Waals surface area contributed by atoms with Crippen molar-refractivity contribution in [2.24, 2.45) is 0 Å². The second-order valence-corrected chi connectivity index (χ2v) is 10.8. The first-order valence-corrected chi connectivity index (χ1v) is 13.5. The molecular formula is C32H35ClN2O4. The van der Waals surface area contributed by atoms with E-state index >= 15 is 0 Å². The molecule has 204 valence electrons. The van der Waals surface area contributed by atoms with Crippen LogP contribution in [0.5, 0.6) is 5.75 Å². The summed E-state index contributed by atoms with van der Waals surface area (Å²) in [6.45, 7) is 12.4. The van der Waals surface area contributed by atoms with Gasteiger partial charge in [0.25, 0.3) is 5.91 Å². The fourth-order valence-corrected chi connectivity index (χ4v) is 4.89. The van der Waals surface area contributed by atoms with Crippen LogP contribution in [0.3, 0.4) is 0 Å². The predicted octanol–water partition coefficient (Wildman–Crippen LogP) is 7.43. The number of aliphatic carboxylic acids is 1. The number of fused-ring (bicyclic) bond motifs is 1. The van der Waals surface area contributed by atoms with Gasteiger partial charge in [-0.1, -0.05) is 49.7 Å². The van der Waals surface area contributed by atoms with Crippen LogP contribution in [0.2, 0.25) is 5.02 Å². The molecule has 1 unspecified atom stereocenters. The highest BCUT2D eigenvalue weighted by Crippen LogP contribution is 2.30. The minimum absolute atomic E-state index is 0.121. The van der Waals surface area contributed by atoms with E-state index in [1.165, 1.54) is 12.5 Å². The smallest absolute Gasteiger partial charge is 0.344 e. The van der Waals surface area contributed by atoms with Crippen LogP contribution >= 0.6 is 11.6 Å². The van der Waals surface area contributed by atoms with Crippen molar-refractivity contribution < 1.29 is 19.4 Å². The minimum atomic E-state index is -1.03. The lowest BCUT2D eigenvalue weighted by Crippen LogP contribution is -2.26. The van der Waals surface area contributed by atoms with Crippen LogP contribution in [0.1, 0.15) is 78.0 Å². The third-order valence-electron chi connectivity index (χ3n) is 7.33. The van der Waals surface area contributed by atoms with E-state index in [2.05, 4.69) is 35.9 Å². The molecule has 4 rings (SSSR count). The number of nitrogens with one attached hydrogen (secondary N) is 1. The number of halogens is 1. The number of carbonyl (C=O) groups excluding carboxylic acids is 1. The molecule has 0 bridgehead atoms. The zero-order valence-corrected chi connectivity index (χ0v) is 24.0. The summed E-state index contributed by atoms with van der Waals surface area (Å²) in [6.07, 6.45) is -0.971. The zero-order chi connectivity index (χ0) is 28.4. The highest BCUT2D eigenvalue weighted by atomic mass is 35.5. The van der Waals surface area contributed by atoms with Gasteiger partial charge in [-0.05, 0) is 92.3 Å². The summed E-state index contributed by atoms with van der Waals surface area (Å²) in [5, 5.41) is 13.9. The predicted molar refractivity (Wildman–Crippen MR) is 156 cm³/mol. The van der Waals surface area contributed by atoms with Gasteiger partial charge in [-0.3, -0.25) is 4.79 Å². The minimum Gasteiger partial charge on any atom is -0.479 e. The van der Waals surface area contributed by atoms with Gasteiger partial charge < -0.3 is 19.7 Å². The Morgan fingerprint density at radius 2 is 1.69 bits per heavy atom. The van der Waals surface area contributed by atoms with Crippen molar-refractivity contribution in [2.75, 3.05) is 0 Å². The average Bonchev–Trinajstić information content (AvgIpc) is 3.14. The molecule has 2 atom stereocenters. The molecule has 3 aromatic carbocycles. The second kappa shape index (κ2) is 11.5. The van der Waals surface area contributed by atoms with Crippen molar-refractivity contribution in [3.05, 3.63) is 99.2 Å². The number of aromatic nitrogens is 1. The maximum atomic E-state index is 13.2. The van der Waals surface area contributed by atoms with E-state index in [4.69, 9.17) is 16.3 Å². The van der Waals surface area contributed by atoms with Crippen LogP contribution in [0.15, 0.2) is 60.7 Å². The van der Waals surface area contributed by atoms with Crippen molar-refractivity contribution >= 4 is 34.4 Å². The normalized spacial score (nSPS) is 12.9. The Hall–Kier alpha value is -3.77. The van der Waals surface area contributed by atoms with Gasteiger partial charge in [-0.2, -0.15) is 0 Å². The number of ether oxygens (including phenoxy) is 1. The molecule has 7 heteroatoms. The molecule has 0 saturated heterocycles. The highest BCUT2D eigenvalue weighted by molar-refractivity contribution is 6.31. The van der Waals surface area contributed by atoms with Gasteiger partial charge in [-0.15, -0.1) is 0 Å². The SMILES string of the molecule is Cc1c(C)n(Cc2cc(OC(C)C(=O)O)ccc2Cl)c2ccc(C(=O)N[C@@H](C)c3cccc(C(C)C)c3)cc12. The Balaban J connectivity index is 1.59. The number of hydrogen-bond acceptors (Lipinski definition) is 3. The largest absolute Gasteiger partial charge is 0.479 e. The van der Waals surface area contributed by atoms with Gasteiger partial charge in [0.1, 0.15) is 5.75 Å². The van der Waals surface area contributed by atoms with Gasteiger partial charge in [0.2, 0.25) is 0 Å². The molecule has 0 aliphatic carbocycles. The summed E-state index contributed by atoms with van der Waals surface area (Å²) in [5.74, 6) is -0.289. The summed E-state index contributed by atoms with van der Waals surface area (Å²) < 4.78 is 7.69. The number of amides is 1. The number of nitrogens with zero attached hydrogens (tertiary/aromatic N) is 1. The van der Waals surface area contributed by atoms with Crippen LogP contribution in [0.25, 0.3) is 10.9 Å². The molecule has 4 aromatic rings. The van der Waals surface area contributed by atoms with E-state index in [1.54, 1.807) is 18.2 Å². The summed E-state index contributed by atoms with van der Waals surface area (Å²) in [5.41, 5.74) is 6.87. The van der Waals surface area contributed by atoms with Gasteiger partial charge in [-0.25, -0.2) is 4.79 Å². The highest BCUT2D eigenvalue weighted by Gasteiger charge is 2.18. The van der Waals surface area contributed by atoms with Crippen LogP contribution < -0.4 is 10.1 Å². The number of benzene rings is 3. The number of hydrogen-bond donors (Lipinski definition) is 2. The van der Waals surface area contributed by atoms with Gasteiger partial charge in [0, 0.05) is 33.7 Å². The molecule has 0 aliphatic rings. The number of aryl methyl sites for hydroxylation is 1. The van der Waals surface area contributed by atoms with E-state index in [1.807, 2.05) is 51.1 Å². The first-order valence-electron chi connectivity index (χ1n) is 13.1. The Labute approximate surface area is 234 Å². The first kappa shape index (κ1) is 28.2. The van der Waals surface area contributed by atoms with Crippen LogP contribution in [0.4, 0.5) is 0 Å². The van der Waals surface area contributed by atoms with Crippen LogP contribution in [-0.2, 0) is 11.3 Å². The third kappa shape index (κ3) is 6.12. The Kier molecular flexibility index (Phi) is 8.36. The summed E-state index contributed by atoms with van der Waals surface area (Å²) in [6, 6.07) is 19.1. The van der Waals surface area contributed by atoms with Crippen molar-refractivity contribution in [3.8, 4) is 5.75 Å². The number of carbonyl (C=O) groups is 2. The van der Waals surface area contributed by atoms with E-state index in [9.17, 15) is 14.7 Å². The molecule has 1 amide bonds. The topological polar surface area (TPSA) is 80.6 Å². The molecule has 0 fully saturated rings. The summed E-state index contributed by atoms with van der Waals surface area (Å²) >= 11 is 6.51. The third-order valence-corrected chi connectivity index (χ3v) is 7.70. The molecule has 0 saturated carbocycles. The molecule has 1 heterocycles. The van der Waals surface area contributed by atoms with E-state index < -0.39 is 12.1 Å². The Bertz CT molecular complexity index is 1540. The summed E-state index contributed by atoms with van der Waals surface area (Å²) in [7, 11) is 0. The monoisotopic (exact) mass is 546 g/mol. The van der Waals surface area contributed by atoms with Crippen LogP contribution in [0, 0.1) is 13.8 Å². The quantitative estimate of drug-likeness (QED) is 0.229. The van der Waals surface area contributed by atoms with E-state index in [0.717, 1.165) is 33.3 Å². The Morgan fingerprint density at radius 1 is 0.974 bits per heavy atom. The molecular weight excluding hydrogens is 512 g/mol. The molecule has 2 N–H and O–H groups in total. The molecule has 0 aliphatic heterocycles.